The van der Waals surface area contributed by atoms with Crippen molar-refractivity contribution < 1.29 is 26.7 Å². The minimum absolute atomic E-state index is 0.316. The number of aliphatic hydroxyl groups is 1. The quantitative estimate of drug-likeness (QED) is 0.913. The van der Waals surface area contributed by atoms with Gasteiger partial charge in [-0.1, -0.05) is 11.6 Å². The summed E-state index contributed by atoms with van der Waals surface area (Å²) < 4.78 is 63.7. The molecule has 0 aliphatic rings. The van der Waals surface area contributed by atoms with Gasteiger partial charge in [-0.2, -0.15) is 17.5 Å². The summed E-state index contributed by atoms with van der Waals surface area (Å²) in [4.78, 5) is -0.650. The summed E-state index contributed by atoms with van der Waals surface area (Å²) in [5, 5.41) is 8.89. The standard InChI is InChI=1S/C12H15ClF3NO3S/c1-11(2,7-18)17(3)21(19,20)10-6-8(12(14,15)16)4-5-9(10)13/h4-6,18H,7H2,1-3H3. The third-order valence-corrected chi connectivity index (χ3v) is 5.69. The number of halogens is 4. The van der Waals surface area contributed by atoms with Crippen molar-refractivity contribution in [3.05, 3.63) is 28.8 Å². The van der Waals surface area contributed by atoms with Crippen LogP contribution in [0.2, 0.25) is 5.02 Å². The Morgan fingerprint density at radius 1 is 1.29 bits per heavy atom. The van der Waals surface area contributed by atoms with Gasteiger partial charge in [0.05, 0.1) is 22.7 Å². The maximum Gasteiger partial charge on any atom is 0.416 e. The molecule has 0 spiro atoms. The van der Waals surface area contributed by atoms with Gasteiger partial charge in [0.25, 0.3) is 0 Å². The third-order valence-electron chi connectivity index (χ3n) is 3.14. The molecule has 0 aliphatic heterocycles. The Hall–Kier alpha value is -0.830. The Kier molecular flexibility index (Phi) is 4.99. The molecule has 1 N–H and O–H groups in total. The Morgan fingerprint density at radius 2 is 1.81 bits per heavy atom. The van der Waals surface area contributed by atoms with Crippen LogP contribution in [0.25, 0.3) is 0 Å². The van der Waals surface area contributed by atoms with E-state index in [0.29, 0.717) is 12.1 Å². The zero-order valence-corrected chi connectivity index (χ0v) is 13.1. The highest BCUT2D eigenvalue weighted by atomic mass is 35.5. The van der Waals surface area contributed by atoms with Crippen molar-refractivity contribution in [1.82, 2.24) is 4.31 Å². The molecule has 0 radical (unpaired) electrons. The number of nitrogens with zero attached hydrogens (tertiary/aromatic N) is 1. The number of likely N-dealkylation sites (N-methyl/N-ethyl adjacent to an activating group) is 1. The highest BCUT2D eigenvalue weighted by Crippen LogP contribution is 2.35. The van der Waals surface area contributed by atoms with Gasteiger partial charge < -0.3 is 5.11 Å². The van der Waals surface area contributed by atoms with Crippen molar-refractivity contribution in [3.8, 4) is 0 Å². The molecule has 21 heavy (non-hydrogen) atoms. The average Bonchev–Trinajstić information content (AvgIpc) is 2.36. The normalized spacial score (nSPS) is 13.8. The van der Waals surface area contributed by atoms with Crippen molar-refractivity contribution in [1.29, 1.82) is 0 Å². The lowest BCUT2D eigenvalue weighted by Crippen LogP contribution is -2.47. The van der Waals surface area contributed by atoms with Crippen LogP contribution in [0.1, 0.15) is 19.4 Å². The van der Waals surface area contributed by atoms with E-state index in [1.54, 1.807) is 0 Å². The predicted molar refractivity (Wildman–Crippen MR) is 72.6 cm³/mol. The average molecular weight is 346 g/mol. The molecule has 0 fully saturated rings. The molecule has 120 valence electrons. The van der Waals surface area contributed by atoms with Crippen LogP contribution in [0.5, 0.6) is 0 Å². The molecule has 0 bridgehead atoms. The molecule has 0 saturated carbocycles. The first-order chi connectivity index (χ1) is 9.34. The number of aliphatic hydroxyl groups excluding tert-OH is 1. The van der Waals surface area contributed by atoms with Gasteiger partial charge in [0.2, 0.25) is 10.0 Å². The fraction of sp³-hybridized carbons (Fsp3) is 0.500. The molecular weight excluding hydrogens is 331 g/mol. The van der Waals surface area contributed by atoms with Crippen molar-refractivity contribution in [2.45, 2.75) is 30.5 Å². The second-order valence-corrected chi connectivity index (χ2v) is 7.43. The summed E-state index contributed by atoms with van der Waals surface area (Å²) in [6.45, 7) is 2.37. The van der Waals surface area contributed by atoms with Gasteiger partial charge in [-0.3, -0.25) is 0 Å². The molecule has 0 amide bonds. The Labute approximate surface area is 126 Å². The second-order valence-electron chi connectivity index (χ2n) is 5.09. The molecule has 0 saturated heterocycles. The number of hydrogen-bond acceptors (Lipinski definition) is 3. The second kappa shape index (κ2) is 5.75. The van der Waals surface area contributed by atoms with E-state index >= 15 is 0 Å². The van der Waals surface area contributed by atoms with Crippen LogP contribution in [-0.4, -0.2) is 37.0 Å². The van der Waals surface area contributed by atoms with E-state index in [-0.39, 0.29) is 5.02 Å². The number of hydrogen-bond donors (Lipinski definition) is 1. The minimum Gasteiger partial charge on any atom is -0.394 e. The minimum atomic E-state index is -4.68. The lowest BCUT2D eigenvalue weighted by atomic mass is 10.1. The highest BCUT2D eigenvalue weighted by molar-refractivity contribution is 7.89. The molecule has 0 atom stereocenters. The number of benzene rings is 1. The smallest absolute Gasteiger partial charge is 0.394 e. The van der Waals surface area contributed by atoms with Crippen molar-refractivity contribution in [2.24, 2.45) is 0 Å². The Balaban J connectivity index is 3.45. The third kappa shape index (κ3) is 3.68. The molecule has 0 aromatic heterocycles. The molecule has 0 aliphatic carbocycles. The summed E-state index contributed by atoms with van der Waals surface area (Å²) >= 11 is 5.73. The molecule has 1 rings (SSSR count). The van der Waals surface area contributed by atoms with E-state index < -0.39 is 38.8 Å². The summed E-state index contributed by atoms with van der Waals surface area (Å²) in [6.07, 6.45) is -4.68. The first-order valence-electron chi connectivity index (χ1n) is 5.80. The number of alkyl halides is 3. The van der Waals surface area contributed by atoms with E-state index in [1.807, 2.05) is 0 Å². The highest BCUT2D eigenvalue weighted by Gasteiger charge is 2.37. The van der Waals surface area contributed by atoms with Crippen molar-refractivity contribution in [2.75, 3.05) is 13.7 Å². The van der Waals surface area contributed by atoms with Gasteiger partial charge in [0.1, 0.15) is 4.90 Å². The first kappa shape index (κ1) is 18.2. The molecule has 1 aromatic rings. The maximum atomic E-state index is 12.7. The summed E-state index contributed by atoms with van der Waals surface area (Å²) in [5.41, 5.74) is -2.29. The monoisotopic (exact) mass is 345 g/mol. The largest absolute Gasteiger partial charge is 0.416 e. The van der Waals surface area contributed by atoms with Gasteiger partial charge in [-0.25, -0.2) is 8.42 Å². The van der Waals surface area contributed by atoms with Crippen LogP contribution >= 0.6 is 11.6 Å². The van der Waals surface area contributed by atoms with Gasteiger partial charge in [0.15, 0.2) is 0 Å². The predicted octanol–water partition coefficient (Wildman–Crippen LogP) is 2.75. The molecule has 1 aromatic carbocycles. The Morgan fingerprint density at radius 3 is 2.24 bits per heavy atom. The van der Waals surface area contributed by atoms with Crippen molar-refractivity contribution >= 4 is 21.6 Å². The summed E-state index contributed by atoms with van der Waals surface area (Å²) in [7, 11) is -3.11. The SMILES string of the molecule is CN(C(C)(C)CO)S(=O)(=O)c1cc(C(F)(F)F)ccc1Cl. The zero-order chi connectivity index (χ0) is 16.6. The zero-order valence-electron chi connectivity index (χ0n) is 11.6. The van der Waals surface area contributed by atoms with Crippen LogP contribution in [-0.2, 0) is 16.2 Å². The van der Waals surface area contributed by atoms with E-state index in [0.717, 1.165) is 10.4 Å². The maximum absolute atomic E-state index is 12.7. The van der Waals surface area contributed by atoms with Crippen LogP contribution in [0.3, 0.4) is 0 Å². The first-order valence-corrected chi connectivity index (χ1v) is 7.62. The lowest BCUT2D eigenvalue weighted by Gasteiger charge is -2.33. The topological polar surface area (TPSA) is 57.6 Å². The van der Waals surface area contributed by atoms with Gasteiger partial charge in [0, 0.05) is 7.05 Å². The van der Waals surface area contributed by atoms with E-state index in [9.17, 15) is 26.7 Å². The molecule has 0 unspecified atom stereocenters. The number of sulfonamides is 1. The van der Waals surface area contributed by atoms with Crippen LogP contribution in [0.4, 0.5) is 13.2 Å². The van der Waals surface area contributed by atoms with Gasteiger partial charge in [-0.05, 0) is 32.0 Å². The van der Waals surface area contributed by atoms with E-state index in [1.165, 1.54) is 20.9 Å². The summed E-state index contributed by atoms with van der Waals surface area (Å²) in [5.74, 6) is 0. The van der Waals surface area contributed by atoms with E-state index in [2.05, 4.69) is 0 Å². The molecule has 4 nitrogen and oxygen atoms in total. The Bertz CT molecular complexity index is 629. The van der Waals surface area contributed by atoms with Crippen LogP contribution in [0, 0.1) is 0 Å². The fourth-order valence-electron chi connectivity index (χ4n) is 1.45. The van der Waals surface area contributed by atoms with Crippen molar-refractivity contribution in [3.63, 3.8) is 0 Å². The number of rotatable bonds is 4. The van der Waals surface area contributed by atoms with Crippen LogP contribution in [0.15, 0.2) is 23.1 Å². The van der Waals surface area contributed by atoms with E-state index in [4.69, 9.17) is 11.6 Å². The lowest BCUT2D eigenvalue weighted by molar-refractivity contribution is -0.137. The fourth-order valence-corrected chi connectivity index (χ4v) is 3.45. The van der Waals surface area contributed by atoms with Crippen LogP contribution < -0.4 is 0 Å². The van der Waals surface area contributed by atoms with Gasteiger partial charge in [-0.15, -0.1) is 0 Å². The molecule has 0 heterocycles. The molecular formula is C12H15ClF3NO3S. The summed E-state index contributed by atoms with van der Waals surface area (Å²) in [6, 6.07) is 2.08. The van der Waals surface area contributed by atoms with Gasteiger partial charge >= 0.3 is 6.18 Å². The molecule has 9 heteroatoms.